The van der Waals surface area contributed by atoms with Crippen LogP contribution >= 0.6 is 0 Å². The number of nitrogens with zero attached hydrogens (tertiary/aromatic N) is 4. The van der Waals surface area contributed by atoms with Crippen molar-refractivity contribution in [3.8, 4) is 17.2 Å². The summed E-state index contributed by atoms with van der Waals surface area (Å²) in [6.07, 6.45) is 2.00. The summed E-state index contributed by atoms with van der Waals surface area (Å²) < 4.78 is 0. The second-order valence-corrected chi connectivity index (χ2v) is 6.75. The third-order valence-corrected chi connectivity index (χ3v) is 4.78. The van der Waals surface area contributed by atoms with Gasteiger partial charge in [0.2, 0.25) is 0 Å². The van der Waals surface area contributed by atoms with Crippen LogP contribution in [0.5, 0.6) is 0 Å². The van der Waals surface area contributed by atoms with Crippen LogP contribution in [-0.4, -0.2) is 37.1 Å². The molecule has 0 unspecified atom stereocenters. The monoisotopic (exact) mass is 335 g/mol. The van der Waals surface area contributed by atoms with E-state index in [1.807, 2.05) is 14.1 Å². The van der Waals surface area contributed by atoms with Crippen LogP contribution in [0.4, 0.5) is 11.5 Å². The number of hydrogen-bond donors (Lipinski definition) is 1. The van der Waals surface area contributed by atoms with E-state index in [4.69, 9.17) is 5.73 Å². The largest absolute Gasteiger partial charge is 0.383 e. The predicted octanol–water partition coefficient (Wildman–Crippen LogP) is 3.04. The van der Waals surface area contributed by atoms with Crippen molar-refractivity contribution in [3.05, 3.63) is 41.1 Å². The molecule has 0 amide bonds. The Kier molecular flexibility index (Phi) is 4.91. The lowest BCUT2D eigenvalue weighted by Gasteiger charge is -2.30. The van der Waals surface area contributed by atoms with Crippen molar-refractivity contribution < 1.29 is 0 Å². The van der Waals surface area contributed by atoms with Crippen LogP contribution in [0.15, 0.2) is 24.3 Å². The molecule has 5 nitrogen and oxygen atoms in total. The minimum atomic E-state index is 0.344. The average Bonchev–Trinajstić information content (AvgIpc) is 2.61. The van der Waals surface area contributed by atoms with Crippen molar-refractivity contribution in [3.63, 3.8) is 0 Å². The smallest absolute Gasteiger partial charge is 0.142 e. The van der Waals surface area contributed by atoms with E-state index < -0.39 is 0 Å². The van der Waals surface area contributed by atoms with Crippen molar-refractivity contribution in [1.82, 2.24) is 9.88 Å². The zero-order valence-electron chi connectivity index (χ0n) is 15.2. The molecule has 25 heavy (non-hydrogen) atoms. The van der Waals surface area contributed by atoms with Crippen LogP contribution in [-0.2, 0) is 13.0 Å². The number of aromatic nitrogens is 1. The van der Waals surface area contributed by atoms with Gasteiger partial charge in [0.05, 0.1) is 0 Å². The van der Waals surface area contributed by atoms with E-state index in [-0.39, 0.29) is 0 Å². The minimum absolute atomic E-state index is 0.344. The molecule has 2 N–H and O–H groups in total. The first-order valence-electron chi connectivity index (χ1n) is 8.76. The quantitative estimate of drug-likeness (QED) is 0.930. The van der Waals surface area contributed by atoms with Gasteiger partial charge >= 0.3 is 0 Å². The molecule has 2 aromatic rings. The Morgan fingerprint density at radius 3 is 2.60 bits per heavy atom. The van der Waals surface area contributed by atoms with E-state index in [0.29, 0.717) is 11.4 Å². The Labute approximate surface area is 149 Å². The van der Waals surface area contributed by atoms with Gasteiger partial charge in [-0.1, -0.05) is 19.1 Å². The molecule has 130 valence electrons. The molecule has 0 fully saturated rings. The normalized spacial score (nSPS) is 14.0. The van der Waals surface area contributed by atoms with Gasteiger partial charge in [-0.2, -0.15) is 5.26 Å². The van der Waals surface area contributed by atoms with Gasteiger partial charge in [0, 0.05) is 50.6 Å². The van der Waals surface area contributed by atoms with E-state index in [0.717, 1.165) is 60.5 Å². The predicted molar refractivity (Wildman–Crippen MR) is 102 cm³/mol. The fourth-order valence-corrected chi connectivity index (χ4v) is 3.50. The summed E-state index contributed by atoms with van der Waals surface area (Å²) in [5, 5.41) is 9.68. The first-order valence-corrected chi connectivity index (χ1v) is 8.76. The number of rotatable bonds is 4. The molecule has 0 atom stereocenters. The Hall–Kier alpha value is -2.58. The lowest BCUT2D eigenvalue weighted by atomic mass is 9.91. The molecule has 2 heterocycles. The highest BCUT2D eigenvalue weighted by molar-refractivity contribution is 5.80. The molecule has 3 rings (SSSR count). The van der Waals surface area contributed by atoms with Crippen LogP contribution in [0, 0.1) is 11.3 Å². The van der Waals surface area contributed by atoms with Gasteiger partial charge in [-0.05, 0) is 36.2 Å². The summed E-state index contributed by atoms with van der Waals surface area (Å²) >= 11 is 0. The fraction of sp³-hybridized carbons (Fsp3) is 0.400. The van der Waals surface area contributed by atoms with Crippen LogP contribution in [0.2, 0.25) is 0 Å². The topological polar surface area (TPSA) is 69.2 Å². The van der Waals surface area contributed by atoms with Crippen molar-refractivity contribution >= 4 is 11.5 Å². The van der Waals surface area contributed by atoms with Gasteiger partial charge in [0.15, 0.2) is 0 Å². The molecule has 5 heteroatoms. The Morgan fingerprint density at radius 1 is 1.28 bits per heavy atom. The molecule has 1 aromatic carbocycles. The van der Waals surface area contributed by atoms with E-state index in [1.165, 1.54) is 0 Å². The SMILES string of the molecule is CCCN1CCc2nc(N)c(C#N)c(-c3ccc(N(C)C)cc3)c2C1. The molecule has 1 aromatic heterocycles. The number of nitrogen functional groups attached to an aromatic ring is 1. The summed E-state index contributed by atoms with van der Waals surface area (Å²) in [5.74, 6) is 0.344. The zero-order valence-corrected chi connectivity index (χ0v) is 15.2. The van der Waals surface area contributed by atoms with E-state index in [1.54, 1.807) is 0 Å². The zero-order chi connectivity index (χ0) is 18.0. The maximum absolute atomic E-state index is 9.68. The van der Waals surface area contributed by atoms with Crippen molar-refractivity contribution in [2.45, 2.75) is 26.3 Å². The number of benzene rings is 1. The number of pyridine rings is 1. The summed E-state index contributed by atoms with van der Waals surface area (Å²) in [4.78, 5) is 9.02. The highest BCUT2D eigenvalue weighted by atomic mass is 15.1. The Bertz CT molecular complexity index is 802. The minimum Gasteiger partial charge on any atom is -0.383 e. The van der Waals surface area contributed by atoms with Gasteiger partial charge < -0.3 is 10.6 Å². The highest BCUT2D eigenvalue weighted by Crippen LogP contribution is 2.35. The van der Waals surface area contributed by atoms with Crippen molar-refractivity contribution in [2.24, 2.45) is 0 Å². The molecule has 0 radical (unpaired) electrons. The fourth-order valence-electron chi connectivity index (χ4n) is 3.50. The van der Waals surface area contributed by atoms with Gasteiger partial charge in [-0.3, -0.25) is 4.90 Å². The number of nitriles is 1. The molecule has 0 saturated heterocycles. The van der Waals surface area contributed by atoms with Gasteiger partial charge in [-0.15, -0.1) is 0 Å². The molecule has 1 aliphatic rings. The summed E-state index contributed by atoms with van der Waals surface area (Å²) in [5.41, 5.74) is 11.9. The van der Waals surface area contributed by atoms with Crippen molar-refractivity contribution in [2.75, 3.05) is 37.8 Å². The van der Waals surface area contributed by atoms with E-state index in [2.05, 4.69) is 52.0 Å². The molecule has 0 saturated carbocycles. The molecular formula is C20H25N5. The summed E-state index contributed by atoms with van der Waals surface area (Å²) in [6.45, 7) is 5.08. The Morgan fingerprint density at radius 2 is 2.00 bits per heavy atom. The number of nitrogens with two attached hydrogens (primary N) is 1. The standard InChI is InChI=1S/C20H25N5/c1-4-10-25-11-9-18-17(13-25)19(16(12-21)20(22)23-18)14-5-7-15(8-6-14)24(2)3/h5-8H,4,9-11,13H2,1-3H3,(H2,22,23). The highest BCUT2D eigenvalue weighted by Gasteiger charge is 2.25. The molecule has 1 aliphatic heterocycles. The Balaban J connectivity index is 2.14. The maximum Gasteiger partial charge on any atom is 0.142 e. The van der Waals surface area contributed by atoms with Crippen LogP contribution < -0.4 is 10.6 Å². The van der Waals surface area contributed by atoms with E-state index >= 15 is 0 Å². The first kappa shape index (κ1) is 17.2. The number of hydrogen-bond acceptors (Lipinski definition) is 5. The van der Waals surface area contributed by atoms with Gasteiger partial charge in [0.25, 0.3) is 0 Å². The van der Waals surface area contributed by atoms with Gasteiger partial charge in [-0.25, -0.2) is 4.98 Å². The molecule has 0 spiro atoms. The van der Waals surface area contributed by atoms with Crippen LogP contribution in [0.1, 0.15) is 30.2 Å². The third kappa shape index (κ3) is 3.31. The second kappa shape index (κ2) is 7.12. The summed E-state index contributed by atoms with van der Waals surface area (Å²) in [6, 6.07) is 10.6. The van der Waals surface area contributed by atoms with E-state index in [9.17, 15) is 5.26 Å². The van der Waals surface area contributed by atoms with Crippen LogP contribution in [0.3, 0.4) is 0 Å². The average molecular weight is 335 g/mol. The summed E-state index contributed by atoms with van der Waals surface area (Å²) in [7, 11) is 4.04. The molecule has 0 bridgehead atoms. The second-order valence-electron chi connectivity index (χ2n) is 6.75. The third-order valence-electron chi connectivity index (χ3n) is 4.78. The molecular weight excluding hydrogens is 310 g/mol. The van der Waals surface area contributed by atoms with Crippen LogP contribution in [0.25, 0.3) is 11.1 Å². The lowest BCUT2D eigenvalue weighted by Crippen LogP contribution is -2.32. The first-order chi connectivity index (χ1) is 12.0. The van der Waals surface area contributed by atoms with Crippen molar-refractivity contribution in [1.29, 1.82) is 5.26 Å². The number of fused-ring (bicyclic) bond motifs is 1. The number of anilines is 2. The lowest BCUT2D eigenvalue weighted by molar-refractivity contribution is 0.253. The molecule has 0 aliphatic carbocycles. The maximum atomic E-state index is 9.68. The van der Waals surface area contributed by atoms with Gasteiger partial charge in [0.1, 0.15) is 17.5 Å².